The van der Waals surface area contributed by atoms with E-state index in [4.69, 9.17) is 19.5 Å². The van der Waals surface area contributed by atoms with Crippen LogP contribution in [0.5, 0.6) is 0 Å². The van der Waals surface area contributed by atoms with E-state index in [-0.39, 0.29) is 29.1 Å². The van der Waals surface area contributed by atoms with Crippen LogP contribution in [0.15, 0.2) is 29.5 Å². The van der Waals surface area contributed by atoms with E-state index in [2.05, 4.69) is 25.7 Å². The summed E-state index contributed by atoms with van der Waals surface area (Å²) in [7, 11) is 2.46. The number of nitrogens with one attached hydrogen (secondary N) is 3. The van der Waals surface area contributed by atoms with Crippen LogP contribution < -0.4 is 21.2 Å². The highest BCUT2D eigenvalue weighted by Gasteiger charge is 2.54. The zero-order valence-electron chi connectivity index (χ0n) is 27.8. The molecule has 5 aliphatic heterocycles. The Hall–Kier alpha value is -4.10. The number of amides is 1. The van der Waals surface area contributed by atoms with Gasteiger partial charge in [-0.25, -0.2) is 14.2 Å². The number of aryl methyl sites for hydroxylation is 1. The number of halogens is 2. The van der Waals surface area contributed by atoms with Crippen LogP contribution in [0.1, 0.15) is 49.7 Å². The van der Waals surface area contributed by atoms with Gasteiger partial charge in [0.05, 0.1) is 37.3 Å². The first-order valence-corrected chi connectivity index (χ1v) is 16.9. The fourth-order valence-electron chi connectivity index (χ4n) is 7.96. The van der Waals surface area contributed by atoms with Crippen molar-refractivity contribution in [2.45, 2.75) is 57.8 Å². The molecule has 1 aliphatic carbocycles. The number of alkyl halides is 1. The number of nitrogens with zero attached hydrogens (tertiary/aromatic N) is 5. The van der Waals surface area contributed by atoms with E-state index in [1.807, 2.05) is 37.1 Å². The summed E-state index contributed by atoms with van der Waals surface area (Å²) in [6, 6.07) is 1.89. The summed E-state index contributed by atoms with van der Waals surface area (Å²) in [5, 5.41) is 15.6. The molecule has 2 aromatic heterocycles. The van der Waals surface area contributed by atoms with E-state index < -0.39 is 18.3 Å². The van der Waals surface area contributed by atoms with E-state index >= 15 is 4.39 Å². The average molecular weight is 663 g/mol. The first-order chi connectivity index (χ1) is 23.4. The third-order valence-corrected chi connectivity index (χ3v) is 10.5. The molecule has 256 valence electrons. The van der Waals surface area contributed by atoms with E-state index in [9.17, 15) is 9.18 Å². The Morgan fingerprint density at radius 1 is 1.23 bits per heavy atom. The Kier molecular flexibility index (Phi) is 9.08. The number of piperidine rings is 1. The topological polar surface area (TPSA) is 120 Å². The van der Waals surface area contributed by atoms with Crippen LogP contribution in [0.2, 0.25) is 0 Å². The van der Waals surface area contributed by atoms with Crippen LogP contribution in [0.3, 0.4) is 0 Å². The lowest BCUT2D eigenvalue weighted by molar-refractivity contribution is -0.0519. The average Bonchev–Trinajstić information content (AvgIpc) is 3.63. The van der Waals surface area contributed by atoms with Crippen molar-refractivity contribution in [1.29, 1.82) is 0 Å². The molecule has 2 saturated heterocycles. The van der Waals surface area contributed by atoms with Crippen molar-refractivity contribution >= 4 is 28.9 Å². The molecule has 3 fully saturated rings. The summed E-state index contributed by atoms with van der Waals surface area (Å²) >= 11 is 0. The third kappa shape index (κ3) is 5.91. The van der Waals surface area contributed by atoms with Gasteiger partial charge in [-0.2, -0.15) is 5.10 Å². The summed E-state index contributed by atoms with van der Waals surface area (Å²) in [6.07, 6.45) is 11.8. The molecule has 3 N–H and O–H groups in total. The number of pyridine rings is 1. The number of carbonyl (C=O) groups is 1. The number of alkyl carbamates (subject to hydrolysis) is 1. The van der Waals surface area contributed by atoms with Crippen LogP contribution in [-0.2, 0) is 9.47 Å². The highest BCUT2D eigenvalue weighted by atomic mass is 19.1. The van der Waals surface area contributed by atoms with E-state index in [0.717, 1.165) is 79.6 Å². The van der Waals surface area contributed by atoms with Gasteiger partial charge >= 0.3 is 6.09 Å². The molecular weight excluding hydrogens is 618 g/mol. The molecule has 6 aliphatic rings. The number of hydrogen-bond donors (Lipinski definition) is 3. The lowest BCUT2D eigenvalue weighted by Crippen LogP contribution is -2.55. The van der Waals surface area contributed by atoms with Gasteiger partial charge in [0.25, 0.3) is 0 Å². The van der Waals surface area contributed by atoms with Gasteiger partial charge in [0.15, 0.2) is 5.82 Å². The van der Waals surface area contributed by atoms with Gasteiger partial charge in [0, 0.05) is 43.3 Å². The lowest BCUT2D eigenvalue weighted by Gasteiger charge is -2.42. The number of carbonyl (C=O) groups excluding carboxylic acids is 1. The number of aromatic amines is 1. The standard InChI is InChI=1S/C34H41FN8O3.CH3F/c1-20-13-26-24(17-38-41-26)27-23(20)8-3-4-12-45-33(44)39-22-7-5-11-43(18-22)31-25-16-37-30(27)28(35)29(25)40-32(42(31)2)46-19-34-9-6-10-36-15-21(34)14-34;1-2/h3,8,13,16-17,21-22,32,36H,4-7,9-12,14-15,18-19H2,1-2H3,(H,38,41)(H,39,44);1H3. The van der Waals surface area contributed by atoms with Gasteiger partial charge in [-0.1, -0.05) is 12.2 Å². The van der Waals surface area contributed by atoms with Crippen LogP contribution in [0, 0.1) is 24.1 Å². The largest absolute Gasteiger partial charge is 0.449 e. The molecule has 1 amide bonds. The summed E-state index contributed by atoms with van der Waals surface area (Å²) in [5.41, 5.74) is 3.61. The normalized spacial score (nSPS) is 26.6. The van der Waals surface area contributed by atoms with Crippen LogP contribution in [0.25, 0.3) is 34.1 Å². The molecule has 48 heavy (non-hydrogen) atoms. The molecule has 6 bridgehead atoms. The molecule has 9 rings (SSSR count). The van der Waals surface area contributed by atoms with E-state index in [1.54, 1.807) is 12.4 Å². The fourth-order valence-corrected chi connectivity index (χ4v) is 7.96. The highest BCUT2D eigenvalue weighted by Crippen LogP contribution is 2.56. The van der Waals surface area contributed by atoms with Crippen molar-refractivity contribution in [2.24, 2.45) is 16.3 Å². The highest BCUT2D eigenvalue weighted by molar-refractivity contribution is 5.99. The number of benzene rings is 1. The Morgan fingerprint density at radius 2 is 2.10 bits per heavy atom. The Morgan fingerprint density at radius 3 is 2.98 bits per heavy atom. The van der Waals surface area contributed by atoms with E-state index in [0.29, 0.717) is 43.4 Å². The number of rotatable bonds is 3. The Bertz CT molecular complexity index is 1850. The number of ether oxygens (including phenoxy) is 2. The summed E-state index contributed by atoms with van der Waals surface area (Å²) < 4.78 is 38.8. The minimum Gasteiger partial charge on any atom is -0.449 e. The molecule has 1 saturated carbocycles. The molecule has 13 heteroatoms. The SMILES string of the molecule is CF.Cc1cc2[nH]ncc2c2c1C=CCCOC(=O)NC1CCCN(C1)C1=c3cnc-2c(F)c3=NC(OCC23CCCNCC2C3)N1C. The van der Waals surface area contributed by atoms with Gasteiger partial charge in [0.2, 0.25) is 6.35 Å². The van der Waals surface area contributed by atoms with Crippen LogP contribution in [-0.4, -0.2) is 97.1 Å². The molecule has 0 spiro atoms. The number of fused-ring (bicyclic) bond motifs is 8. The smallest absolute Gasteiger partial charge is 0.407 e. The van der Waals surface area contributed by atoms with Crippen molar-refractivity contribution < 1.29 is 23.0 Å². The Balaban J connectivity index is 0.00000179. The zero-order valence-corrected chi connectivity index (χ0v) is 27.8. The molecule has 1 aromatic carbocycles. The first-order valence-electron chi connectivity index (χ1n) is 16.9. The number of hydrogen-bond acceptors (Lipinski definition) is 9. The number of H-pyrrole nitrogens is 1. The van der Waals surface area contributed by atoms with Crippen LogP contribution in [0.4, 0.5) is 13.6 Å². The van der Waals surface area contributed by atoms with Gasteiger partial charge in [-0.3, -0.25) is 14.5 Å². The predicted octanol–water partition coefficient (Wildman–Crippen LogP) is 3.59. The first kappa shape index (κ1) is 32.4. The maximum absolute atomic E-state index is 17.1. The Labute approximate surface area is 278 Å². The molecule has 4 unspecified atom stereocenters. The second kappa shape index (κ2) is 13.4. The van der Waals surface area contributed by atoms with Gasteiger partial charge in [0.1, 0.15) is 16.9 Å². The van der Waals surface area contributed by atoms with Gasteiger partial charge in [-0.05, 0) is 87.1 Å². The minimum absolute atomic E-state index is 0.113. The molecule has 11 nitrogen and oxygen atoms in total. The second-order valence-corrected chi connectivity index (χ2v) is 13.5. The van der Waals surface area contributed by atoms with Crippen LogP contribution >= 0.6 is 0 Å². The zero-order chi connectivity index (χ0) is 33.4. The lowest BCUT2D eigenvalue weighted by atomic mass is 9.94. The van der Waals surface area contributed by atoms with Gasteiger partial charge < -0.3 is 29.9 Å². The summed E-state index contributed by atoms with van der Waals surface area (Å²) in [6.45, 7) is 6.17. The molecule has 3 aromatic rings. The van der Waals surface area contributed by atoms with Gasteiger partial charge in [-0.15, -0.1) is 0 Å². The maximum atomic E-state index is 17.1. The van der Waals surface area contributed by atoms with Crippen molar-refractivity contribution in [3.8, 4) is 11.3 Å². The molecule has 0 radical (unpaired) electrons. The summed E-state index contributed by atoms with van der Waals surface area (Å²) in [4.78, 5) is 26.8. The quantitative estimate of drug-likeness (QED) is 0.390. The van der Waals surface area contributed by atoms with Crippen molar-refractivity contribution in [2.75, 3.05) is 53.6 Å². The monoisotopic (exact) mass is 662 g/mol. The molecular formula is C35H44F2N8O3. The minimum atomic E-state index is -0.703. The third-order valence-electron chi connectivity index (χ3n) is 10.5. The van der Waals surface area contributed by atoms with Crippen molar-refractivity contribution in [3.63, 3.8) is 0 Å². The molecule has 4 atom stereocenters. The van der Waals surface area contributed by atoms with E-state index in [1.165, 1.54) is 0 Å². The second-order valence-electron chi connectivity index (χ2n) is 13.5. The number of aromatic nitrogens is 3. The van der Waals surface area contributed by atoms with Crippen molar-refractivity contribution in [3.05, 3.63) is 52.1 Å². The molecule has 7 heterocycles. The summed E-state index contributed by atoms with van der Waals surface area (Å²) in [5.74, 6) is 0.936. The fraction of sp³-hybridized carbons (Fsp3) is 0.543. The predicted molar refractivity (Wildman–Crippen MR) is 178 cm³/mol. The maximum Gasteiger partial charge on any atom is 0.407 e. The van der Waals surface area contributed by atoms with Crippen molar-refractivity contribution in [1.82, 2.24) is 35.6 Å².